The molecule has 2 rings (SSSR count). The van der Waals surface area contributed by atoms with Crippen LogP contribution >= 0.6 is 35.0 Å². The smallest absolute Gasteiger partial charge is 0.234 e. The summed E-state index contributed by atoms with van der Waals surface area (Å²) in [4.78, 5) is 12.7. The Labute approximate surface area is 131 Å². The van der Waals surface area contributed by atoms with Crippen LogP contribution in [0.3, 0.4) is 0 Å². The normalized spacial score (nSPS) is 10.3. The predicted molar refractivity (Wildman–Crippen MR) is 86.7 cm³/mol. The van der Waals surface area contributed by atoms with E-state index in [1.165, 1.54) is 11.8 Å². The maximum atomic E-state index is 11.9. The Morgan fingerprint density at radius 2 is 1.90 bits per heavy atom. The summed E-state index contributed by atoms with van der Waals surface area (Å²) in [5.41, 5.74) is 6.81. The van der Waals surface area contributed by atoms with Gasteiger partial charge in [0.05, 0.1) is 21.5 Å². The van der Waals surface area contributed by atoms with E-state index < -0.39 is 0 Å². The number of nitrogen functional groups attached to an aromatic ring is 1. The Bertz CT molecular complexity index is 634. The molecule has 0 unspecified atom stereocenters. The van der Waals surface area contributed by atoms with Gasteiger partial charge in [-0.2, -0.15) is 0 Å². The Morgan fingerprint density at radius 1 is 1.15 bits per heavy atom. The van der Waals surface area contributed by atoms with Crippen molar-refractivity contribution in [1.29, 1.82) is 0 Å². The van der Waals surface area contributed by atoms with E-state index >= 15 is 0 Å². The largest absolute Gasteiger partial charge is 0.399 e. The van der Waals surface area contributed by atoms with Crippen LogP contribution in [-0.2, 0) is 4.79 Å². The van der Waals surface area contributed by atoms with Gasteiger partial charge in [-0.1, -0.05) is 35.3 Å². The maximum Gasteiger partial charge on any atom is 0.234 e. The number of nitrogens with one attached hydrogen (secondary N) is 1. The van der Waals surface area contributed by atoms with Gasteiger partial charge in [-0.3, -0.25) is 4.79 Å². The molecule has 104 valence electrons. The number of thioether (sulfide) groups is 1. The summed E-state index contributed by atoms with van der Waals surface area (Å²) in [6, 6.07) is 12.3. The topological polar surface area (TPSA) is 55.1 Å². The van der Waals surface area contributed by atoms with Crippen LogP contribution in [0.4, 0.5) is 11.4 Å². The van der Waals surface area contributed by atoms with Crippen molar-refractivity contribution in [2.75, 3.05) is 16.8 Å². The minimum absolute atomic E-state index is 0.143. The van der Waals surface area contributed by atoms with Crippen LogP contribution in [0.15, 0.2) is 47.4 Å². The summed E-state index contributed by atoms with van der Waals surface area (Å²) in [7, 11) is 0. The Hall–Kier alpha value is -1.36. The van der Waals surface area contributed by atoms with E-state index in [2.05, 4.69) is 5.32 Å². The fourth-order valence-electron chi connectivity index (χ4n) is 1.53. The van der Waals surface area contributed by atoms with Crippen LogP contribution in [0.25, 0.3) is 0 Å². The van der Waals surface area contributed by atoms with Crippen molar-refractivity contribution in [3.8, 4) is 0 Å². The van der Waals surface area contributed by atoms with Crippen LogP contribution in [0.5, 0.6) is 0 Å². The Morgan fingerprint density at radius 3 is 2.60 bits per heavy atom. The molecule has 0 aliphatic heterocycles. The lowest BCUT2D eigenvalue weighted by Gasteiger charge is -2.08. The second-order valence-corrected chi connectivity index (χ2v) is 5.84. The fourth-order valence-corrected chi connectivity index (χ4v) is 2.78. The zero-order valence-electron chi connectivity index (χ0n) is 10.4. The average Bonchev–Trinajstić information content (AvgIpc) is 2.40. The average molecular weight is 327 g/mol. The number of anilines is 2. The number of para-hydroxylation sites is 1. The molecule has 6 heteroatoms. The van der Waals surface area contributed by atoms with Gasteiger partial charge >= 0.3 is 0 Å². The van der Waals surface area contributed by atoms with E-state index in [1.54, 1.807) is 36.4 Å². The number of hydrogen-bond donors (Lipinski definition) is 2. The molecule has 20 heavy (non-hydrogen) atoms. The monoisotopic (exact) mass is 326 g/mol. The SMILES string of the molecule is Nc1ccc(SCC(=O)Nc2ccccc2Cl)c(Cl)c1. The zero-order valence-corrected chi connectivity index (χ0v) is 12.7. The lowest BCUT2D eigenvalue weighted by Crippen LogP contribution is -2.14. The molecule has 0 heterocycles. The van der Waals surface area contributed by atoms with Gasteiger partial charge in [-0.05, 0) is 30.3 Å². The molecule has 0 fully saturated rings. The highest BCUT2D eigenvalue weighted by atomic mass is 35.5. The zero-order chi connectivity index (χ0) is 14.5. The maximum absolute atomic E-state index is 11.9. The summed E-state index contributed by atoms with van der Waals surface area (Å²) < 4.78 is 0. The number of halogens is 2. The van der Waals surface area contributed by atoms with Crippen LogP contribution in [-0.4, -0.2) is 11.7 Å². The van der Waals surface area contributed by atoms with Gasteiger partial charge in [0.25, 0.3) is 0 Å². The molecule has 0 aromatic heterocycles. The first-order chi connectivity index (χ1) is 9.56. The number of hydrogen-bond acceptors (Lipinski definition) is 3. The van der Waals surface area contributed by atoms with E-state index in [4.69, 9.17) is 28.9 Å². The van der Waals surface area contributed by atoms with Crippen LogP contribution < -0.4 is 11.1 Å². The van der Waals surface area contributed by atoms with Crippen LogP contribution in [0, 0.1) is 0 Å². The van der Waals surface area contributed by atoms with E-state index in [1.807, 2.05) is 6.07 Å². The highest BCUT2D eigenvalue weighted by Gasteiger charge is 2.08. The first-order valence-electron chi connectivity index (χ1n) is 5.78. The third-order valence-electron chi connectivity index (χ3n) is 2.46. The Balaban J connectivity index is 1.94. The minimum atomic E-state index is -0.143. The number of nitrogens with two attached hydrogens (primary N) is 1. The summed E-state index contributed by atoms with van der Waals surface area (Å²) in [6.45, 7) is 0. The fraction of sp³-hybridized carbons (Fsp3) is 0.0714. The molecule has 0 bridgehead atoms. The van der Waals surface area contributed by atoms with Crippen molar-refractivity contribution in [3.05, 3.63) is 52.5 Å². The molecule has 0 saturated heterocycles. The van der Waals surface area contributed by atoms with Crippen molar-refractivity contribution in [2.45, 2.75) is 4.90 Å². The lowest BCUT2D eigenvalue weighted by atomic mass is 10.3. The quantitative estimate of drug-likeness (QED) is 0.650. The molecule has 2 aromatic carbocycles. The highest BCUT2D eigenvalue weighted by Crippen LogP contribution is 2.29. The predicted octanol–water partition coefficient (Wildman–Crippen LogP) is 4.31. The number of rotatable bonds is 4. The van der Waals surface area contributed by atoms with Crippen molar-refractivity contribution < 1.29 is 4.79 Å². The molecule has 0 radical (unpaired) electrons. The van der Waals surface area contributed by atoms with E-state index in [0.29, 0.717) is 21.4 Å². The summed E-state index contributed by atoms with van der Waals surface area (Å²) >= 11 is 13.4. The van der Waals surface area contributed by atoms with Crippen molar-refractivity contribution in [1.82, 2.24) is 0 Å². The summed E-state index contributed by atoms with van der Waals surface area (Å²) in [5, 5.41) is 3.80. The third kappa shape index (κ3) is 4.07. The Kier molecular flexibility index (Phi) is 5.17. The number of amides is 1. The molecular weight excluding hydrogens is 315 g/mol. The van der Waals surface area contributed by atoms with E-state index in [9.17, 15) is 4.79 Å². The van der Waals surface area contributed by atoms with Gasteiger partial charge in [-0.25, -0.2) is 0 Å². The third-order valence-corrected chi connectivity index (χ3v) is 4.29. The van der Waals surface area contributed by atoms with Gasteiger partial charge in [0, 0.05) is 10.6 Å². The van der Waals surface area contributed by atoms with Crippen molar-refractivity contribution in [2.24, 2.45) is 0 Å². The van der Waals surface area contributed by atoms with Crippen LogP contribution in [0.1, 0.15) is 0 Å². The standard InChI is InChI=1S/C14H12Cl2N2OS/c15-10-3-1-2-4-12(10)18-14(19)8-20-13-6-5-9(17)7-11(13)16/h1-7H,8,17H2,(H,18,19). The van der Waals surface area contributed by atoms with Gasteiger partial charge < -0.3 is 11.1 Å². The molecule has 3 nitrogen and oxygen atoms in total. The lowest BCUT2D eigenvalue weighted by molar-refractivity contribution is -0.113. The molecule has 0 aliphatic carbocycles. The second-order valence-electron chi connectivity index (χ2n) is 4.01. The first kappa shape index (κ1) is 15.0. The van der Waals surface area contributed by atoms with E-state index in [-0.39, 0.29) is 11.7 Å². The van der Waals surface area contributed by atoms with Crippen LogP contribution in [0.2, 0.25) is 10.0 Å². The molecular formula is C14H12Cl2N2OS. The summed E-state index contributed by atoms with van der Waals surface area (Å²) in [6.07, 6.45) is 0. The van der Waals surface area contributed by atoms with Crippen molar-refractivity contribution >= 4 is 52.2 Å². The van der Waals surface area contributed by atoms with E-state index in [0.717, 1.165) is 4.90 Å². The highest BCUT2D eigenvalue weighted by molar-refractivity contribution is 8.00. The van der Waals surface area contributed by atoms with Gasteiger partial charge in [0.1, 0.15) is 0 Å². The number of benzene rings is 2. The summed E-state index contributed by atoms with van der Waals surface area (Å²) in [5.74, 6) is 0.102. The molecule has 1 amide bonds. The van der Waals surface area contributed by atoms with Crippen molar-refractivity contribution in [3.63, 3.8) is 0 Å². The van der Waals surface area contributed by atoms with Gasteiger partial charge in [-0.15, -0.1) is 11.8 Å². The first-order valence-corrected chi connectivity index (χ1v) is 7.52. The van der Waals surface area contributed by atoms with Gasteiger partial charge in [0.2, 0.25) is 5.91 Å². The molecule has 0 aliphatic rings. The molecule has 2 aromatic rings. The second kappa shape index (κ2) is 6.88. The molecule has 0 saturated carbocycles. The molecule has 3 N–H and O–H groups in total. The minimum Gasteiger partial charge on any atom is -0.399 e. The number of carbonyl (C=O) groups excluding carboxylic acids is 1. The molecule has 0 atom stereocenters. The molecule has 0 spiro atoms. The van der Waals surface area contributed by atoms with Gasteiger partial charge in [0.15, 0.2) is 0 Å². The number of carbonyl (C=O) groups is 1.